The van der Waals surface area contributed by atoms with Crippen LogP contribution in [0.15, 0.2) is 48.4 Å². The van der Waals surface area contributed by atoms with Crippen LogP contribution >= 0.6 is 11.3 Å². The summed E-state index contributed by atoms with van der Waals surface area (Å²) in [4.78, 5) is 18.7. The van der Waals surface area contributed by atoms with Crippen molar-refractivity contribution in [2.24, 2.45) is 0 Å². The first-order chi connectivity index (χ1) is 16.0. The molecule has 1 amide bonds. The summed E-state index contributed by atoms with van der Waals surface area (Å²) in [7, 11) is 0. The maximum Gasteiger partial charge on any atom is 0.237 e. The van der Waals surface area contributed by atoms with Crippen LogP contribution in [0.3, 0.4) is 0 Å². The van der Waals surface area contributed by atoms with Crippen molar-refractivity contribution >= 4 is 17.2 Å². The Morgan fingerprint density at radius 3 is 2.88 bits per heavy atom. The zero-order valence-electron chi connectivity index (χ0n) is 19.7. The highest BCUT2D eigenvalue weighted by Crippen LogP contribution is 2.34. The lowest BCUT2D eigenvalue weighted by Gasteiger charge is -2.37. The van der Waals surface area contributed by atoms with Gasteiger partial charge < -0.3 is 19.5 Å². The molecule has 7 heteroatoms. The number of aliphatic hydroxyl groups is 1. The molecule has 33 heavy (non-hydrogen) atoms. The number of aliphatic hydroxyl groups excluding tert-OH is 1. The summed E-state index contributed by atoms with van der Waals surface area (Å²) >= 11 is 1.75. The average molecular weight is 473 g/mol. The van der Waals surface area contributed by atoms with Crippen LogP contribution in [0.4, 0.5) is 0 Å². The molecule has 2 aromatic rings. The molecule has 0 saturated heterocycles. The molecule has 6 nitrogen and oxygen atoms in total. The maximum absolute atomic E-state index is 13.4. The van der Waals surface area contributed by atoms with E-state index in [4.69, 9.17) is 9.47 Å². The second-order valence-electron chi connectivity index (χ2n) is 8.49. The number of benzene rings is 1. The van der Waals surface area contributed by atoms with Gasteiger partial charge in [-0.15, -0.1) is 17.9 Å². The smallest absolute Gasteiger partial charge is 0.237 e. The molecule has 1 aliphatic heterocycles. The van der Waals surface area contributed by atoms with Crippen LogP contribution in [0.5, 0.6) is 5.75 Å². The fraction of sp³-hybridized carbons (Fsp3) is 0.500. The molecule has 2 unspecified atom stereocenters. The van der Waals surface area contributed by atoms with Gasteiger partial charge in [-0.25, -0.2) is 0 Å². The molecule has 0 bridgehead atoms. The molecule has 0 aliphatic carbocycles. The summed E-state index contributed by atoms with van der Waals surface area (Å²) < 4.78 is 11.5. The van der Waals surface area contributed by atoms with Gasteiger partial charge in [-0.3, -0.25) is 9.69 Å². The number of amides is 1. The molecular weight excluding hydrogens is 436 g/mol. The van der Waals surface area contributed by atoms with Gasteiger partial charge in [-0.2, -0.15) is 0 Å². The summed E-state index contributed by atoms with van der Waals surface area (Å²) in [5.41, 5.74) is 2.37. The van der Waals surface area contributed by atoms with Crippen molar-refractivity contribution in [3.05, 3.63) is 64.4 Å². The number of ether oxygens (including phenoxy) is 2. The van der Waals surface area contributed by atoms with Gasteiger partial charge in [-0.05, 0) is 55.5 Å². The number of thiophene rings is 1. The second kappa shape index (κ2) is 12.9. The number of rotatable bonds is 13. The van der Waals surface area contributed by atoms with Gasteiger partial charge in [0.2, 0.25) is 5.91 Å². The molecule has 180 valence electrons. The van der Waals surface area contributed by atoms with Gasteiger partial charge in [0, 0.05) is 18.0 Å². The zero-order valence-corrected chi connectivity index (χ0v) is 20.6. The van der Waals surface area contributed by atoms with Crippen LogP contribution in [0, 0.1) is 6.92 Å². The molecule has 1 aromatic heterocycles. The highest BCUT2D eigenvalue weighted by Gasteiger charge is 2.33. The SMILES string of the molecule is C=CCOCC(O)CN(CCC)CC(=O)N1CCc2sccc2C1COc1ccc(C)cc1. The number of nitrogens with zero attached hydrogens (tertiary/aromatic N) is 2. The van der Waals surface area contributed by atoms with Crippen LogP contribution in [0.1, 0.15) is 35.4 Å². The monoisotopic (exact) mass is 472 g/mol. The molecular formula is C26H36N2O4S. The van der Waals surface area contributed by atoms with Gasteiger partial charge in [0.05, 0.1) is 31.9 Å². The molecule has 2 atom stereocenters. The Hall–Kier alpha value is -2.19. The maximum atomic E-state index is 13.4. The van der Waals surface area contributed by atoms with Crippen LogP contribution in [0.25, 0.3) is 0 Å². The van der Waals surface area contributed by atoms with Gasteiger partial charge in [0.1, 0.15) is 12.4 Å². The minimum absolute atomic E-state index is 0.0667. The Morgan fingerprint density at radius 1 is 1.36 bits per heavy atom. The summed E-state index contributed by atoms with van der Waals surface area (Å²) in [6.45, 7) is 10.9. The Bertz CT molecular complexity index is 883. The van der Waals surface area contributed by atoms with Crippen molar-refractivity contribution in [1.29, 1.82) is 0 Å². The van der Waals surface area contributed by atoms with E-state index in [1.165, 1.54) is 16.0 Å². The molecule has 0 radical (unpaired) electrons. The van der Waals surface area contributed by atoms with Crippen molar-refractivity contribution in [3.8, 4) is 5.75 Å². The number of fused-ring (bicyclic) bond motifs is 1. The van der Waals surface area contributed by atoms with E-state index in [1.54, 1.807) is 17.4 Å². The third kappa shape index (κ3) is 7.40. The largest absolute Gasteiger partial charge is 0.491 e. The van der Waals surface area contributed by atoms with E-state index in [9.17, 15) is 9.90 Å². The van der Waals surface area contributed by atoms with Crippen molar-refractivity contribution in [2.75, 3.05) is 46.0 Å². The molecule has 1 N–H and O–H groups in total. The minimum atomic E-state index is -0.644. The number of carbonyl (C=O) groups excluding carboxylic acids is 1. The van der Waals surface area contributed by atoms with E-state index >= 15 is 0 Å². The van der Waals surface area contributed by atoms with Crippen LogP contribution in [0.2, 0.25) is 0 Å². The summed E-state index contributed by atoms with van der Waals surface area (Å²) in [6.07, 6.45) is 2.79. The number of carbonyl (C=O) groups is 1. The fourth-order valence-electron chi connectivity index (χ4n) is 4.16. The van der Waals surface area contributed by atoms with Crippen molar-refractivity contribution in [1.82, 2.24) is 9.80 Å². The Labute approximate surface area is 201 Å². The lowest BCUT2D eigenvalue weighted by Crippen LogP contribution is -2.48. The van der Waals surface area contributed by atoms with E-state index in [1.807, 2.05) is 41.0 Å². The van der Waals surface area contributed by atoms with Gasteiger partial charge in [0.15, 0.2) is 0 Å². The topological polar surface area (TPSA) is 62.2 Å². The molecule has 3 rings (SSSR count). The normalized spacial score (nSPS) is 16.5. The number of hydrogen-bond donors (Lipinski definition) is 1. The van der Waals surface area contributed by atoms with Gasteiger partial charge in [-0.1, -0.05) is 30.7 Å². The quantitative estimate of drug-likeness (QED) is 0.355. The molecule has 0 saturated carbocycles. The molecule has 0 spiro atoms. The van der Waals surface area contributed by atoms with Crippen molar-refractivity contribution in [2.45, 2.75) is 38.8 Å². The predicted octanol–water partition coefficient (Wildman–Crippen LogP) is 3.84. The third-order valence-corrected chi connectivity index (χ3v) is 6.75. The first-order valence-corrected chi connectivity index (χ1v) is 12.5. The lowest BCUT2D eigenvalue weighted by molar-refractivity contribution is -0.136. The van der Waals surface area contributed by atoms with Crippen LogP contribution < -0.4 is 4.74 Å². The standard InChI is InChI=1S/C26H36N2O4S/c1-4-12-27(16-21(29)18-31-14-5-2)17-26(30)28-13-10-25-23(11-15-33-25)24(28)19-32-22-8-6-20(3)7-9-22/h5-9,11,15,21,24,29H,2,4,10,12-14,16-19H2,1,3H3. The van der Waals surface area contributed by atoms with Crippen LogP contribution in [-0.4, -0.2) is 72.9 Å². The molecule has 0 fully saturated rings. The van der Waals surface area contributed by atoms with Crippen molar-refractivity contribution in [3.63, 3.8) is 0 Å². The Morgan fingerprint density at radius 2 is 2.15 bits per heavy atom. The summed E-state index contributed by atoms with van der Waals surface area (Å²) in [6, 6.07) is 10.0. The van der Waals surface area contributed by atoms with Gasteiger partial charge >= 0.3 is 0 Å². The lowest BCUT2D eigenvalue weighted by atomic mass is 10.0. The Balaban J connectivity index is 1.66. The van der Waals surface area contributed by atoms with Crippen LogP contribution in [-0.2, 0) is 16.0 Å². The van der Waals surface area contributed by atoms with Crippen molar-refractivity contribution < 1.29 is 19.4 Å². The van der Waals surface area contributed by atoms with E-state index in [-0.39, 0.29) is 25.1 Å². The molecule has 1 aromatic carbocycles. The first-order valence-electron chi connectivity index (χ1n) is 11.7. The summed E-state index contributed by atoms with van der Waals surface area (Å²) in [5, 5.41) is 12.4. The summed E-state index contributed by atoms with van der Waals surface area (Å²) in [5.74, 6) is 0.877. The first kappa shape index (κ1) is 25.4. The van der Waals surface area contributed by atoms with E-state index in [0.29, 0.717) is 26.3 Å². The van der Waals surface area contributed by atoms with E-state index < -0.39 is 6.10 Å². The highest BCUT2D eigenvalue weighted by molar-refractivity contribution is 7.10. The van der Waals surface area contributed by atoms with E-state index in [2.05, 4.69) is 24.9 Å². The third-order valence-electron chi connectivity index (χ3n) is 5.76. The predicted molar refractivity (Wildman–Crippen MR) is 133 cm³/mol. The second-order valence-corrected chi connectivity index (χ2v) is 9.49. The van der Waals surface area contributed by atoms with E-state index in [0.717, 1.165) is 25.1 Å². The minimum Gasteiger partial charge on any atom is -0.491 e. The van der Waals surface area contributed by atoms with Gasteiger partial charge in [0.25, 0.3) is 0 Å². The zero-order chi connectivity index (χ0) is 23.6. The highest BCUT2D eigenvalue weighted by atomic mass is 32.1. The molecule has 1 aliphatic rings. The number of aryl methyl sites for hydroxylation is 1. The average Bonchev–Trinajstić information content (AvgIpc) is 3.28. The molecule has 2 heterocycles. The Kier molecular flexibility index (Phi) is 9.94. The number of hydrogen-bond acceptors (Lipinski definition) is 6. The fourth-order valence-corrected chi connectivity index (χ4v) is 5.08.